The maximum atomic E-state index is 12.8. The van der Waals surface area contributed by atoms with E-state index in [1.807, 2.05) is 0 Å². The Morgan fingerprint density at radius 2 is 1.90 bits per heavy atom. The van der Waals surface area contributed by atoms with Crippen molar-refractivity contribution in [2.75, 3.05) is 12.3 Å². The highest BCUT2D eigenvalue weighted by Gasteiger charge is 2.39. The molecule has 0 amide bonds. The molecule has 3 rings (SSSR count). The van der Waals surface area contributed by atoms with Crippen molar-refractivity contribution < 1.29 is 8.42 Å². The zero-order valence-electron chi connectivity index (χ0n) is 11.5. The molecule has 2 heterocycles. The molecule has 110 valence electrons. The van der Waals surface area contributed by atoms with E-state index in [4.69, 9.17) is 5.73 Å². The highest BCUT2D eigenvalue weighted by atomic mass is 32.2. The van der Waals surface area contributed by atoms with Gasteiger partial charge in [0.15, 0.2) is 0 Å². The van der Waals surface area contributed by atoms with E-state index in [0.717, 1.165) is 32.1 Å². The molecule has 0 spiro atoms. The van der Waals surface area contributed by atoms with Crippen molar-refractivity contribution in [3.8, 4) is 0 Å². The second-order valence-electron chi connectivity index (χ2n) is 5.79. The van der Waals surface area contributed by atoms with E-state index in [9.17, 15) is 8.42 Å². The first-order valence-corrected chi connectivity index (χ1v) is 8.76. The van der Waals surface area contributed by atoms with Gasteiger partial charge in [0.25, 0.3) is 0 Å². The van der Waals surface area contributed by atoms with Gasteiger partial charge in [-0.15, -0.1) is 0 Å². The van der Waals surface area contributed by atoms with Crippen LogP contribution < -0.4 is 5.73 Å². The Morgan fingerprint density at radius 1 is 1.15 bits per heavy atom. The molecular weight excluding hydrogens is 274 g/mol. The predicted molar refractivity (Wildman–Crippen MR) is 77.5 cm³/mol. The molecule has 0 radical (unpaired) electrons. The van der Waals surface area contributed by atoms with Crippen LogP contribution in [-0.2, 0) is 10.0 Å². The topological polar surface area (TPSA) is 76.3 Å². The molecule has 1 saturated carbocycles. The summed E-state index contributed by atoms with van der Waals surface area (Å²) in [5.74, 6) is 0.882. The number of nitrogen functional groups attached to an aromatic ring is 1. The molecule has 2 unspecified atom stereocenters. The monoisotopic (exact) mass is 295 g/mol. The number of hydrogen-bond acceptors (Lipinski definition) is 4. The van der Waals surface area contributed by atoms with Gasteiger partial charge in [-0.05, 0) is 43.7 Å². The SMILES string of the molecule is Nc1ccc(S(=O)(=O)N2CCCC3CCCCC32)cn1. The van der Waals surface area contributed by atoms with Crippen molar-refractivity contribution in [3.05, 3.63) is 18.3 Å². The molecule has 5 nitrogen and oxygen atoms in total. The van der Waals surface area contributed by atoms with Crippen molar-refractivity contribution >= 4 is 15.8 Å². The van der Waals surface area contributed by atoms with Crippen LogP contribution in [0.15, 0.2) is 23.2 Å². The Hall–Kier alpha value is -1.14. The predicted octanol–water partition coefficient (Wildman–Crippen LogP) is 2.01. The smallest absolute Gasteiger partial charge is 0.244 e. The van der Waals surface area contributed by atoms with Crippen molar-refractivity contribution in [3.63, 3.8) is 0 Å². The summed E-state index contributed by atoms with van der Waals surface area (Å²) in [6.07, 6.45) is 8.02. The zero-order chi connectivity index (χ0) is 14.2. The third kappa shape index (κ3) is 2.42. The van der Waals surface area contributed by atoms with Gasteiger partial charge in [-0.2, -0.15) is 4.31 Å². The quantitative estimate of drug-likeness (QED) is 0.905. The van der Waals surface area contributed by atoms with Crippen LogP contribution >= 0.6 is 0 Å². The van der Waals surface area contributed by atoms with Gasteiger partial charge in [-0.25, -0.2) is 13.4 Å². The number of nitrogens with two attached hydrogens (primary N) is 1. The fraction of sp³-hybridized carbons (Fsp3) is 0.643. The van der Waals surface area contributed by atoms with Crippen LogP contribution in [0.2, 0.25) is 0 Å². The van der Waals surface area contributed by atoms with Crippen molar-refractivity contribution in [2.45, 2.75) is 49.5 Å². The number of rotatable bonds is 2. The van der Waals surface area contributed by atoms with Gasteiger partial charge in [0.05, 0.1) is 0 Å². The Kier molecular flexibility index (Phi) is 3.69. The van der Waals surface area contributed by atoms with Gasteiger partial charge in [-0.1, -0.05) is 12.8 Å². The summed E-state index contributed by atoms with van der Waals surface area (Å²) in [7, 11) is -3.43. The van der Waals surface area contributed by atoms with Crippen LogP contribution in [-0.4, -0.2) is 30.3 Å². The van der Waals surface area contributed by atoms with Gasteiger partial charge >= 0.3 is 0 Å². The number of sulfonamides is 1. The van der Waals surface area contributed by atoms with E-state index in [2.05, 4.69) is 4.98 Å². The molecule has 0 bridgehead atoms. The second-order valence-corrected chi connectivity index (χ2v) is 7.68. The lowest BCUT2D eigenvalue weighted by Gasteiger charge is -2.43. The van der Waals surface area contributed by atoms with E-state index >= 15 is 0 Å². The van der Waals surface area contributed by atoms with Gasteiger partial charge in [0.2, 0.25) is 10.0 Å². The number of pyridine rings is 1. The maximum absolute atomic E-state index is 12.8. The Balaban J connectivity index is 1.91. The first-order chi connectivity index (χ1) is 9.59. The zero-order valence-corrected chi connectivity index (χ0v) is 12.3. The summed E-state index contributed by atoms with van der Waals surface area (Å²) in [5.41, 5.74) is 5.54. The molecule has 1 saturated heterocycles. The van der Waals surface area contributed by atoms with Crippen LogP contribution in [0.4, 0.5) is 5.82 Å². The molecule has 1 aromatic rings. The number of fused-ring (bicyclic) bond motifs is 1. The van der Waals surface area contributed by atoms with E-state index in [1.165, 1.54) is 12.6 Å². The van der Waals surface area contributed by atoms with Crippen LogP contribution in [0.5, 0.6) is 0 Å². The first-order valence-electron chi connectivity index (χ1n) is 7.32. The maximum Gasteiger partial charge on any atom is 0.244 e. The molecule has 6 heteroatoms. The molecule has 1 aromatic heterocycles. The average molecular weight is 295 g/mol. The van der Waals surface area contributed by atoms with Crippen molar-refractivity contribution in [1.82, 2.24) is 9.29 Å². The number of piperidine rings is 1. The minimum absolute atomic E-state index is 0.181. The lowest BCUT2D eigenvalue weighted by molar-refractivity contribution is 0.129. The summed E-state index contributed by atoms with van der Waals surface area (Å²) in [6.45, 7) is 0.633. The van der Waals surface area contributed by atoms with E-state index < -0.39 is 10.0 Å². The molecule has 2 aliphatic rings. The van der Waals surface area contributed by atoms with E-state index in [1.54, 1.807) is 16.4 Å². The molecular formula is C14H21N3O2S. The normalized spacial score (nSPS) is 28.0. The largest absolute Gasteiger partial charge is 0.384 e. The van der Waals surface area contributed by atoms with Gasteiger partial charge < -0.3 is 5.73 Å². The Morgan fingerprint density at radius 3 is 2.65 bits per heavy atom. The molecule has 2 N–H and O–H groups in total. The minimum atomic E-state index is -3.43. The molecule has 1 aliphatic heterocycles. The number of anilines is 1. The van der Waals surface area contributed by atoms with Gasteiger partial charge in [-0.3, -0.25) is 0 Å². The van der Waals surface area contributed by atoms with Crippen LogP contribution in [0.25, 0.3) is 0 Å². The highest BCUT2D eigenvalue weighted by Crippen LogP contribution is 2.37. The number of nitrogens with zero attached hydrogens (tertiary/aromatic N) is 2. The average Bonchev–Trinajstić information content (AvgIpc) is 2.47. The first kappa shape index (κ1) is 13.8. The standard InChI is InChI=1S/C14H21N3O2S/c15-14-8-7-12(10-16-14)20(18,19)17-9-3-5-11-4-1-2-6-13(11)17/h7-8,10-11,13H,1-6,9H2,(H2,15,16). The summed E-state index contributed by atoms with van der Waals surface area (Å²) in [5, 5.41) is 0. The highest BCUT2D eigenvalue weighted by molar-refractivity contribution is 7.89. The Labute approximate surface area is 120 Å². The fourth-order valence-corrected chi connectivity index (χ4v) is 5.26. The Bertz CT molecular complexity index is 569. The third-order valence-corrected chi connectivity index (χ3v) is 6.47. The van der Waals surface area contributed by atoms with Gasteiger partial charge in [0.1, 0.15) is 10.7 Å². The lowest BCUT2D eigenvalue weighted by atomic mass is 9.79. The third-order valence-electron chi connectivity index (χ3n) is 4.56. The molecule has 0 aromatic carbocycles. The summed E-state index contributed by atoms with van der Waals surface area (Å²) < 4.78 is 27.3. The van der Waals surface area contributed by atoms with Crippen LogP contribution in [0.1, 0.15) is 38.5 Å². The fourth-order valence-electron chi connectivity index (χ4n) is 3.56. The summed E-state index contributed by atoms with van der Waals surface area (Å²) >= 11 is 0. The molecule has 20 heavy (non-hydrogen) atoms. The van der Waals surface area contributed by atoms with Crippen molar-refractivity contribution in [1.29, 1.82) is 0 Å². The summed E-state index contributed by atoms with van der Waals surface area (Å²) in [6, 6.07) is 3.29. The molecule has 2 atom stereocenters. The summed E-state index contributed by atoms with van der Waals surface area (Å²) in [4.78, 5) is 4.18. The number of aromatic nitrogens is 1. The van der Waals surface area contributed by atoms with Crippen molar-refractivity contribution in [2.24, 2.45) is 5.92 Å². The lowest BCUT2D eigenvalue weighted by Crippen LogP contribution is -2.49. The molecule has 1 aliphatic carbocycles. The van der Waals surface area contributed by atoms with E-state index in [-0.39, 0.29) is 10.9 Å². The molecule has 2 fully saturated rings. The number of hydrogen-bond donors (Lipinski definition) is 1. The van der Waals surface area contributed by atoms with Gasteiger partial charge in [0, 0.05) is 18.8 Å². The van der Waals surface area contributed by atoms with Crippen LogP contribution in [0, 0.1) is 5.92 Å². The van der Waals surface area contributed by atoms with E-state index in [0.29, 0.717) is 18.3 Å². The minimum Gasteiger partial charge on any atom is -0.384 e. The second kappa shape index (κ2) is 5.33. The van der Waals surface area contributed by atoms with Crippen LogP contribution in [0.3, 0.4) is 0 Å².